The highest BCUT2D eigenvalue weighted by Crippen LogP contribution is 2.42. The second-order valence-corrected chi connectivity index (χ2v) is 18.7. The van der Waals surface area contributed by atoms with Crippen LogP contribution < -0.4 is 0 Å². The molecule has 1 unspecified atom stereocenters. The van der Waals surface area contributed by atoms with Gasteiger partial charge in [-0.3, -0.25) is 4.89 Å². The molecule has 0 radical (unpaired) electrons. The summed E-state index contributed by atoms with van der Waals surface area (Å²) in [5.41, 5.74) is 0.266. The van der Waals surface area contributed by atoms with Gasteiger partial charge >= 0.3 is 11.9 Å². The summed E-state index contributed by atoms with van der Waals surface area (Å²) in [6, 6.07) is 0. The van der Waals surface area contributed by atoms with Crippen LogP contribution >= 0.6 is 0 Å². The van der Waals surface area contributed by atoms with Crippen LogP contribution in [-0.2, 0) is 29.3 Å². The third kappa shape index (κ3) is 28.1. The second kappa shape index (κ2) is 18.7. The van der Waals surface area contributed by atoms with Gasteiger partial charge in [-0.2, -0.15) is 10.1 Å². The molecule has 0 aliphatic heterocycles. The van der Waals surface area contributed by atoms with Gasteiger partial charge in [-0.15, -0.1) is 0 Å². The van der Waals surface area contributed by atoms with Crippen molar-refractivity contribution in [2.75, 3.05) is 0 Å². The highest BCUT2D eigenvalue weighted by molar-refractivity contribution is 5.72. The molecule has 0 spiro atoms. The Morgan fingerprint density at radius 1 is 0.605 bits per heavy atom. The van der Waals surface area contributed by atoms with Crippen molar-refractivity contribution in [3.8, 4) is 0 Å². The minimum absolute atomic E-state index is 0.115. The molecule has 7 heteroatoms. The molecule has 0 bridgehead atoms. The summed E-state index contributed by atoms with van der Waals surface area (Å²) >= 11 is 0. The van der Waals surface area contributed by atoms with Crippen molar-refractivity contribution in [1.82, 2.24) is 0 Å². The number of carbonyl (C=O) groups excluding carboxylic acids is 2. The predicted octanol–water partition coefficient (Wildman–Crippen LogP) is 11.3. The Morgan fingerprint density at radius 2 is 1.07 bits per heavy atom. The van der Waals surface area contributed by atoms with Crippen LogP contribution in [0.2, 0.25) is 0 Å². The minimum atomic E-state index is -0.495. The summed E-state index contributed by atoms with van der Waals surface area (Å²) in [6.45, 7) is 34.3. The van der Waals surface area contributed by atoms with Gasteiger partial charge in [0.25, 0.3) is 0 Å². The Labute approximate surface area is 266 Å². The van der Waals surface area contributed by atoms with Crippen LogP contribution in [0.1, 0.15) is 181 Å². The zero-order chi connectivity index (χ0) is 34.3. The number of hydrogen-bond acceptors (Lipinski definition) is 7. The van der Waals surface area contributed by atoms with Gasteiger partial charge in [0.15, 0.2) is 0 Å². The zero-order valence-corrected chi connectivity index (χ0v) is 31.3. The molecule has 0 aliphatic rings. The fraction of sp³-hybridized carbons (Fsp3) is 0.944. The molecule has 0 aromatic heterocycles. The molecular formula is C36H72O7. The Hall–Kier alpha value is -1.18. The quantitative estimate of drug-likeness (QED) is 0.105. The predicted molar refractivity (Wildman–Crippen MR) is 177 cm³/mol. The lowest BCUT2D eigenvalue weighted by Crippen LogP contribution is -2.35. The van der Waals surface area contributed by atoms with Gasteiger partial charge in [0, 0.05) is 6.42 Å². The molecular weight excluding hydrogens is 544 g/mol. The first-order chi connectivity index (χ1) is 19.1. The van der Waals surface area contributed by atoms with Crippen LogP contribution in [-0.4, -0.2) is 22.8 Å². The second-order valence-electron chi connectivity index (χ2n) is 18.7. The Morgan fingerprint density at radius 3 is 1.49 bits per heavy atom. The van der Waals surface area contributed by atoms with E-state index in [1.54, 1.807) is 0 Å². The monoisotopic (exact) mass is 617 g/mol. The smallest absolute Gasteiger partial charge is 0.301 e. The maximum Gasteiger partial charge on any atom is 0.345 e. The van der Waals surface area contributed by atoms with Crippen molar-refractivity contribution >= 4 is 11.9 Å². The maximum absolute atomic E-state index is 12.0. The van der Waals surface area contributed by atoms with E-state index in [4.69, 9.17) is 10.1 Å². The van der Waals surface area contributed by atoms with E-state index < -0.39 is 11.6 Å². The Kier molecular flexibility index (Phi) is 19.1. The molecule has 0 aromatic rings. The summed E-state index contributed by atoms with van der Waals surface area (Å²) in [5.74, 6) is -1.11. The number of carbonyl (C=O) groups is 2. The van der Waals surface area contributed by atoms with Crippen molar-refractivity contribution in [2.24, 2.45) is 33.0 Å². The number of hydrogen-bond donors (Lipinski definition) is 1. The van der Waals surface area contributed by atoms with Gasteiger partial charge in [-0.1, -0.05) is 123 Å². The van der Waals surface area contributed by atoms with Crippen LogP contribution in [0.25, 0.3) is 0 Å². The summed E-state index contributed by atoms with van der Waals surface area (Å²) in [6.07, 6.45) is 10.2. The zero-order valence-electron chi connectivity index (χ0n) is 31.3. The summed E-state index contributed by atoms with van der Waals surface area (Å²) in [4.78, 5) is 37.5. The largest absolute Gasteiger partial charge is 0.345 e. The molecule has 1 N–H and O–H groups in total. The lowest BCUT2D eigenvalue weighted by molar-refractivity contribution is -0.518. The lowest BCUT2D eigenvalue weighted by atomic mass is 9.67. The first kappa shape index (κ1) is 43.9. The molecule has 0 aliphatic carbocycles. The van der Waals surface area contributed by atoms with E-state index in [9.17, 15) is 9.59 Å². The summed E-state index contributed by atoms with van der Waals surface area (Å²) in [5, 5.41) is 13.5. The highest BCUT2D eigenvalue weighted by atomic mass is 17.5. The number of rotatable bonds is 16. The normalized spacial score (nSPS) is 14.1. The molecule has 0 fully saturated rings. The maximum atomic E-state index is 12.0. The molecule has 0 saturated heterocycles. The average molecular weight is 617 g/mol. The van der Waals surface area contributed by atoms with Crippen LogP contribution in [0, 0.1) is 33.0 Å². The van der Waals surface area contributed by atoms with Crippen LogP contribution in [0.4, 0.5) is 0 Å². The summed E-state index contributed by atoms with van der Waals surface area (Å²) in [7, 11) is 0. The van der Waals surface area contributed by atoms with Crippen LogP contribution in [0.3, 0.4) is 0 Å². The van der Waals surface area contributed by atoms with E-state index >= 15 is 0 Å². The summed E-state index contributed by atoms with van der Waals surface area (Å²) < 4.78 is 0. The van der Waals surface area contributed by atoms with Crippen LogP contribution in [0.15, 0.2) is 0 Å². The highest BCUT2D eigenvalue weighted by Gasteiger charge is 2.39. The Balaban J connectivity index is 0. The average Bonchev–Trinajstić information content (AvgIpc) is 2.73. The molecule has 0 heterocycles. The van der Waals surface area contributed by atoms with Gasteiger partial charge < -0.3 is 4.89 Å². The van der Waals surface area contributed by atoms with E-state index in [-0.39, 0.29) is 28.1 Å². The number of unbranched alkanes of at least 4 members (excludes halogenated alkanes) is 3. The van der Waals surface area contributed by atoms with E-state index in [1.165, 1.54) is 6.42 Å². The molecule has 1 atom stereocenters. The third-order valence-corrected chi connectivity index (χ3v) is 7.12. The molecule has 0 amide bonds. The van der Waals surface area contributed by atoms with Gasteiger partial charge in [0.1, 0.15) is 5.60 Å². The van der Waals surface area contributed by atoms with E-state index in [1.807, 2.05) is 13.8 Å². The fourth-order valence-electron chi connectivity index (χ4n) is 5.98. The third-order valence-electron chi connectivity index (χ3n) is 7.12. The van der Waals surface area contributed by atoms with Gasteiger partial charge in [0.05, 0.1) is 5.92 Å². The SMILES string of the molecule is CC(C)(C)CCCCC(C(=O)OO)C(C)(C)CC(C)(C)C.CC(C)(C)CCCCCC(=O)OOOC(C)(C)CC(C)(C)C. The molecule has 258 valence electrons. The molecule has 7 nitrogen and oxygen atoms in total. The van der Waals surface area contributed by atoms with Gasteiger partial charge in [-0.25, -0.2) is 9.59 Å². The fourth-order valence-corrected chi connectivity index (χ4v) is 5.98. The Bertz CT molecular complexity index is 771. The molecule has 43 heavy (non-hydrogen) atoms. The molecule has 0 saturated carbocycles. The van der Waals surface area contributed by atoms with Crippen molar-refractivity contribution in [1.29, 1.82) is 0 Å². The van der Waals surface area contributed by atoms with Crippen molar-refractivity contribution in [2.45, 2.75) is 187 Å². The van der Waals surface area contributed by atoms with Gasteiger partial charge in [0.2, 0.25) is 0 Å². The first-order valence-electron chi connectivity index (χ1n) is 16.5. The van der Waals surface area contributed by atoms with Crippen molar-refractivity contribution < 1.29 is 34.5 Å². The standard InChI is InChI=1S/C18H36O4.C18H36O3/c1-16(2,3)13-11-9-10-12-15(19)20-22-21-18(7,8)14-17(4,5)6;1-16(2,3)12-10-9-11-14(15(19)21-20)18(7,8)13-17(4,5)6/h9-14H2,1-8H3;14,20H,9-13H2,1-8H3. The molecule has 0 rings (SSSR count). The van der Waals surface area contributed by atoms with Crippen molar-refractivity contribution in [3.05, 3.63) is 0 Å². The van der Waals surface area contributed by atoms with E-state index in [0.717, 1.165) is 57.8 Å². The van der Waals surface area contributed by atoms with E-state index in [2.05, 4.69) is 112 Å². The van der Waals surface area contributed by atoms with E-state index in [0.29, 0.717) is 17.3 Å². The molecule has 0 aromatic carbocycles. The van der Waals surface area contributed by atoms with Crippen LogP contribution in [0.5, 0.6) is 0 Å². The topological polar surface area (TPSA) is 91.3 Å². The van der Waals surface area contributed by atoms with Crippen molar-refractivity contribution in [3.63, 3.8) is 0 Å². The lowest BCUT2D eigenvalue weighted by Gasteiger charge is -2.37. The van der Waals surface area contributed by atoms with Gasteiger partial charge in [-0.05, 0) is 84.5 Å². The first-order valence-corrected chi connectivity index (χ1v) is 16.5. The minimum Gasteiger partial charge on any atom is -0.301 e.